The van der Waals surface area contributed by atoms with E-state index in [0.29, 0.717) is 22.9 Å². The second-order valence-electron chi connectivity index (χ2n) is 6.18. The highest BCUT2D eigenvalue weighted by Gasteiger charge is 2.38. The molecule has 144 valence electrons. The van der Waals surface area contributed by atoms with E-state index in [9.17, 15) is 19.7 Å². The molecule has 0 atom stereocenters. The highest BCUT2D eigenvalue weighted by Crippen LogP contribution is 2.36. The quantitative estimate of drug-likeness (QED) is 0.368. The number of carbonyl (C=O) groups excluding carboxylic acids is 2. The first kappa shape index (κ1) is 18.2. The second kappa shape index (κ2) is 7.08. The molecule has 8 heteroatoms. The molecule has 0 saturated heterocycles. The number of amides is 2. The number of imide groups is 1. The van der Waals surface area contributed by atoms with E-state index >= 15 is 0 Å². The molecule has 0 aromatic heterocycles. The average Bonchev–Trinajstić information content (AvgIpc) is 2.98. The Labute approximate surface area is 165 Å². The molecule has 0 unspecified atom stereocenters. The number of hydrogen-bond donors (Lipinski definition) is 0. The summed E-state index contributed by atoms with van der Waals surface area (Å²) in [6.07, 6.45) is 0. The number of nitrogens with zero attached hydrogens (tertiary/aromatic N) is 2. The molecular formula is C21H14N2O6. The molecule has 0 N–H and O–H groups in total. The van der Waals surface area contributed by atoms with Crippen LogP contribution in [0.2, 0.25) is 0 Å². The van der Waals surface area contributed by atoms with Crippen molar-refractivity contribution in [2.45, 2.75) is 0 Å². The Balaban J connectivity index is 1.64. The van der Waals surface area contributed by atoms with Gasteiger partial charge in [0.1, 0.15) is 17.2 Å². The van der Waals surface area contributed by atoms with Crippen LogP contribution in [0.5, 0.6) is 17.2 Å². The van der Waals surface area contributed by atoms with Crippen LogP contribution in [0, 0.1) is 10.1 Å². The maximum absolute atomic E-state index is 12.9. The maximum Gasteiger partial charge on any atom is 0.269 e. The highest BCUT2D eigenvalue weighted by atomic mass is 16.6. The molecule has 1 aliphatic rings. The molecule has 8 nitrogen and oxygen atoms in total. The predicted molar refractivity (Wildman–Crippen MR) is 104 cm³/mol. The average molecular weight is 390 g/mol. The zero-order valence-electron chi connectivity index (χ0n) is 15.2. The Kier molecular flexibility index (Phi) is 4.44. The molecule has 3 aromatic rings. The van der Waals surface area contributed by atoms with Crippen LogP contribution in [0.3, 0.4) is 0 Å². The summed E-state index contributed by atoms with van der Waals surface area (Å²) in [5, 5.41) is 10.7. The number of nitro groups is 1. The summed E-state index contributed by atoms with van der Waals surface area (Å²) in [5.41, 5.74) is 0.774. The van der Waals surface area contributed by atoms with Gasteiger partial charge in [0.05, 0.1) is 28.8 Å². The number of hydrogen-bond acceptors (Lipinski definition) is 6. The summed E-state index contributed by atoms with van der Waals surface area (Å²) < 4.78 is 10.9. The van der Waals surface area contributed by atoms with Crippen LogP contribution in [0.1, 0.15) is 20.7 Å². The summed E-state index contributed by atoms with van der Waals surface area (Å²) >= 11 is 0. The van der Waals surface area contributed by atoms with E-state index in [1.54, 1.807) is 30.3 Å². The van der Waals surface area contributed by atoms with Crippen molar-refractivity contribution in [2.75, 3.05) is 12.0 Å². The lowest BCUT2D eigenvalue weighted by Gasteiger charge is -2.16. The number of benzene rings is 3. The molecule has 4 rings (SSSR count). The normalized spacial score (nSPS) is 12.7. The molecule has 0 aliphatic carbocycles. The first-order valence-corrected chi connectivity index (χ1v) is 8.58. The van der Waals surface area contributed by atoms with Crippen LogP contribution >= 0.6 is 0 Å². The highest BCUT2D eigenvalue weighted by molar-refractivity contribution is 6.35. The van der Waals surface area contributed by atoms with Gasteiger partial charge in [-0.2, -0.15) is 0 Å². The van der Waals surface area contributed by atoms with Gasteiger partial charge in [-0.1, -0.05) is 12.1 Å². The summed E-state index contributed by atoms with van der Waals surface area (Å²) in [6, 6.07) is 16.9. The zero-order valence-corrected chi connectivity index (χ0v) is 15.2. The minimum atomic E-state index is -0.504. The largest absolute Gasteiger partial charge is 0.495 e. The maximum atomic E-state index is 12.9. The standard InChI is InChI=1S/C21H14N2O6/c1-28-19-5-3-2-4-18(19)22-20(24)16-11-10-15(12-17(16)21(22)25)29-14-8-6-13(7-9-14)23(26)27/h2-12H,1H3. The smallest absolute Gasteiger partial charge is 0.269 e. The fourth-order valence-corrected chi connectivity index (χ4v) is 3.09. The lowest BCUT2D eigenvalue weighted by molar-refractivity contribution is -0.384. The van der Waals surface area contributed by atoms with E-state index < -0.39 is 16.7 Å². The fourth-order valence-electron chi connectivity index (χ4n) is 3.09. The molecule has 2 amide bonds. The topological polar surface area (TPSA) is 99.0 Å². The molecule has 0 spiro atoms. The summed E-state index contributed by atoms with van der Waals surface area (Å²) in [5.74, 6) is 0.180. The summed E-state index contributed by atoms with van der Waals surface area (Å²) in [4.78, 5) is 37.0. The Bertz CT molecular complexity index is 1140. The minimum Gasteiger partial charge on any atom is -0.495 e. The van der Waals surface area contributed by atoms with Crippen LogP contribution in [0.25, 0.3) is 0 Å². The van der Waals surface area contributed by atoms with E-state index in [4.69, 9.17) is 9.47 Å². The Morgan fingerprint density at radius 2 is 1.52 bits per heavy atom. The van der Waals surface area contributed by atoms with Crippen molar-refractivity contribution in [2.24, 2.45) is 0 Å². The predicted octanol–water partition coefficient (Wildman–Crippen LogP) is 4.20. The molecule has 0 fully saturated rings. The van der Waals surface area contributed by atoms with Crippen molar-refractivity contribution in [1.29, 1.82) is 0 Å². The number of methoxy groups -OCH3 is 1. The van der Waals surface area contributed by atoms with E-state index in [-0.39, 0.29) is 16.8 Å². The number of ether oxygens (including phenoxy) is 2. The van der Waals surface area contributed by atoms with Crippen LogP contribution in [-0.2, 0) is 0 Å². The van der Waals surface area contributed by atoms with Crippen LogP contribution in [0.4, 0.5) is 11.4 Å². The lowest BCUT2D eigenvalue weighted by atomic mass is 10.1. The van der Waals surface area contributed by atoms with E-state index in [2.05, 4.69) is 0 Å². The van der Waals surface area contributed by atoms with Gasteiger partial charge in [-0.3, -0.25) is 19.7 Å². The van der Waals surface area contributed by atoms with Crippen LogP contribution in [-0.4, -0.2) is 23.8 Å². The van der Waals surface area contributed by atoms with Crippen LogP contribution in [0.15, 0.2) is 66.7 Å². The minimum absolute atomic E-state index is 0.0560. The monoisotopic (exact) mass is 390 g/mol. The zero-order chi connectivity index (χ0) is 20.5. The molecule has 3 aromatic carbocycles. The first-order chi connectivity index (χ1) is 14.0. The molecule has 1 heterocycles. The third-order valence-corrected chi connectivity index (χ3v) is 4.47. The van der Waals surface area contributed by atoms with Gasteiger partial charge in [0.15, 0.2) is 0 Å². The van der Waals surface area contributed by atoms with Crippen molar-refractivity contribution >= 4 is 23.2 Å². The van der Waals surface area contributed by atoms with Gasteiger partial charge in [0.25, 0.3) is 17.5 Å². The molecule has 29 heavy (non-hydrogen) atoms. The third kappa shape index (κ3) is 3.16. The second-order valence-corrected chi connectivity index (χ2v) is 6.18. The summed E-state index contributed by atoms with van der Waals surface area (Å²) in [7, 11) is 1.47. The Hall–Kier alpha value is -4.20. The van der Waals surface area contributed by atoms with Crippen molar-refractivity contribution in [3.8, 4) is 17.2 Å². The van der Waals surface area contributed by atoms with Gasteiger partial charge in [-0.25, -0.2) is 4.90 Å². The molecular weight excluding hydrogens is 376 g/mol. The number of anilines is 1. The first-order valence-electron chi connectivity index (χ1n) is 8.58. The molecule has 1 aliphatic heterocycles. The lowest BCUT2D eigenvalue weighted by Crippen LogP contribution is -2.29. The number of carbonyl (C=O) groups is 2. The number of non-ortho nitro benzene ring substituents is 1. The van der Waals surface area contributed by atoms with Gasteiger partial charge in [0, 0.05) is 12.1 Å². The number of nitro benzene ring substituents is 1. The van der Waals surface area contributed by atoms with Gasteiger partial charge in [-0.05, 0) is 42.5 Å². The summed E-state index contributed by atoms with van der Waals surface area (Å²) in [6.45, 7) is 0. The van der Waals surface area contributed by atoms with Gasteiger partial charge < -0.3 is 9.47 Å². The van der Waals surface area contributed by atoms with Gasteiger partial charge >= 0.3 is 0 Å². The van der Waals surface area contributed by atoms with Crippen molar-refractivity contribution in [1.82, 2.24) is 0 Å². The van der Waals surface area contributed by atoms with Crippen molar-refractivity contribution in [3.05, 3.63) is 88.0 Å². The van der Waals surface area contributed by atoms with E-state index in [0.717, 1.165) is 4.90 Å². The Morgan fingerprint density at radius 3 is 2.21 bits per heavy atom. The van der Waals surface area contributed by atoms with E-state index in [1.165, 1.54) is 43.5 Å². The van der Waals surface area contributed by atoms with Gasteiger partial charge in [0.2, 0.25) is 0 Å². The number of para-hydroxylation sites is 2. The Morgan fingerprint density at radius 1 is 0.862 bits per heavy atom. The molecule has 0 bridgehead atoms. The van der Waals surface area contributed by atoms with Crippen molar-refractivity contribution in [3.63, 3.8) is 0 Å². The fraction of sp³-hybridized carbons (Fsp3) is 0.0476. The van der Waals surface area contributed by atoms with Crippen LogP contribution < -0.4 is 14.4 Å². The van der Waals surface area contributed by atoms with Crippen molar-refractivity contribution < 1.29 is 24.0 Å². The number of fused-ring (bicyclic) bond motifs is 1. The molecule has 0 saturated carbocycles. The molecule has 0 radical (unpaired) electrons. The number of rotatable bonds is 5. The SMILES string of the molecule is COc1ccccc1N1C(=O)c2ccc(Oc3ccc([N+](=O)[O-])cc3)cc2C1=O. The van der Waals surface area contributed by atoms with E-state index in [1.807, 2.05) is 0 Å². The van der Waals surface area contributed by atoms with Gasteiger partial charge in [-0.15, -0.1) is 0 Å². The third-order valence-electron chi connectivity index (χ3n) is 4.47.